The highest BCUT2D eigenvalue weighted by Gasteiger charge is 2.30. The summed E-state index contributed by atoms with van der Waals surface area (Å²) in [4.78, 5) is 14.5. The van der Waals surface area contributed by atoms with Gasteiger partial charge in [0.2, 0.25) is 0 Å². The van der Waals surface area contributed by atoms with Crippen LogP contribution >= 0.6 is 0 Å². The minimum Gasteiger partial charge on any atom is -0.481 e. The Morgan fingerprint density at radius 1 is 1.33 bits per heavy atom. The SMILES string of the molecule is O=C(O)CCC1=NCC(Cc2ccc(C(F)(F)F)cc2)O1. The maximum atomic E-state index is 12.4. The van der Waals surface area contributed by atoms with Crippen LogP contribution in [0.4, 0.5) is 13.2 Å². The zero-order valence-electron chi connectivity index (χ0n) is 11.1. The van der Waals surface area contributed by atoms with Gasteiger partial charge < -0.3 is 9.84 Å². The number of hydrogen-bond acceptors (Lipinski definition) is 3. The van der Waals surface area contributed by atoms with E-state index < -0.39 is 17.7 Å². The lowest BCUT2D eigenvalue weighted by molar-refractivity contribution is -0.138. The van der Waals surface area contributed by atoms with Gasteiger partial charge in [-0.15, -0.1) is 0 Å². The molecule has 1 atom stereocenters. The minimum atomic E-state index is -4.34. The molecule has 0 bridgehead atoms. The van der Waals surface area contributed by atoms with Crippen LogP contribution in [0.3, 0.4) is 0 Å². The van der Waals surface area contributed by atoms with Gasteiger partial charge in [-0.2, -0.15) is 13.2 Å². The van der Waals surface area contributed by atoms with E-state index >= 15 is 0 Å². The number of ether oxygens (including phenoxy) is 1. The molecule has 0 fully saturated rings. The van der Waals surface area contributed by atoms with Crippen molar-refractivity contribution in [1.29, 1.82) is 0 Å². The summed E-state index contributed by atoms with van der Waals surface area (Å²) in [5.74, 6) is -0.526. The third kappa shape index (κ3) is 4.47. The highest BCUT2D eigenvalue weighted by atomic mass is 19.4. The highest BCUT2D eigenvalue weighted by molar-refractivity contribution is 5.81. The molecular weight excluding hydrogens is 287 g/mol. The molecular formula is C14H14F3NO3. The van der Waals surface area contributed by atoms with E-state index in [2.05, 4.69) is 4.99 Å². The molecule has 21 heavy (non-hydrogen) atoms. The third-order valence-corrected chi connectivity index (χ3v) is 3.07. The number of aliphatic carboxylic acids is 1. The summed E-state index contributed by atoms with van der Waals surface area (Å²) in [6.07, 6.45) is -3.95. The van der Waals surface area contributed by atoms with Gasteiger partial charge in [-0.25, -0.2) is 0 Å². The van der Waals surface area contributed by atoms with Crippen molar-refractivity contribution < 1.29 is 27.8 Å². The average molecular weight is 301 g/mol. The third-order valence-electron chi connectivity index (χ3n) is 3.07. The molecule has 1 aromatic carbocycles. The molecule has 4 nitrogen and oxygen atoms in total. The van der Waals surface area contributed by atoms with Crippen molar-refractivity contribution in [2.75, 3.05) is 6.54 Å². The Labute approximate surface area is 119 Å². The van der Waals surface area contributed by atoms with E-state index in [1.54, 1.807) is 0 Å². The van der Waals surface area contributed by atoms with E-state index in [0.717, 1.165) is 17.7 Å². The van der Waals surface area contributed by atoms with Gasteiger partial charge >= 0.3 is 12.1 Å². The van der Waals surface area contributed by atoms with Crippen LogP contribution in [-0.4, -0.2) is 29.6 Å². The van der Waals surface area contributed by atoms with Crippen molar-refractivity contribution in [3.8, 4) is 0 Å². The first-order valence-corrected chi connectivity index (χ1v) is 6.42. The Kier molecular flexibility index (Phi) is 4.50. The number of rotatable bonds is 5. The van der Waals surface area contributed by atoms with Gasteiger partial charge in [0, 0.05) is 12.8 Å². The quantitative estimate of drug-likeness (QED) is 0.909. The van der Waals surface area contributed by atoms with E-state index in [0.29, 0.717) is 18.9 Å². The lowest BCUT2D eigenvalue weighted by atomic mass is 10.1. The zero-order chi connectivity index (χ0) is 15.5. The molecule has 0 saturated heterocycles. The zero-order valence-corrected chi connectivity index (χ0v) is 11.1. The number of carboxylic acids is 1. The van der Waals surface area contributed by atoms with Crippen LogP contribution in [0.5, 0.6) is 0 Å². The lowest BCUT2D eigenvalue weighted by Crippen LogP contribution is -2.17. The van der Waals surface area contributed by atoms with E-state index in [9.17, 15) is 18.0 Å². The maximum Gasteiger partial charge on any atom is 0.416 e. The van der Waals surface area contributed by atoms with Crippen molar-refractivity contribution in [2.24, 2.45) is 4.99 Å². The van der Waals surface area contributed by atoms with Crippen LogP contribution in [0, 0.1) is 0 Å². The second-order valence-corrected chi connectivity index (χ2v) is 4.77. The van der Waals surface area contributed by atoms with Crippen molar-refractivity contribution in [2.45, 2.75) is 31.5 Å². The van der Waals surface area contributed by atoms with Gasteiger partial charge in [-0.05, 0) is 17.7 Å². The first-order chi connectivity index (χ1) is 9.84. The molecule has 1 N–H and O–H groups in total. The van der Waals surface area contributed by atoms with Gasteiger partial charge in [-0.3, -0.25) is 9.79 Å². The van der Waals surface area contributed by atoms with E-state index in [1.807, 2.05) is 0 Å². The number of carboxylic acid groups (broad SMARTS) is 1. The predicted octanol–water partition coefficient (Wildman–Crippen LogP) is 2.91. The Morgan fingerprint density at radius 3 is 2.57 bits per heavy atom. The summed E-state index contributed by atoms with van der Waals surface area (Å²) in [7, 11) is 0. The number of carbonyl (C=O) groups is 1. The molecule has 0 spiro atoms. The van der Waals surface area contributed by atoms with E-state index in [4.69, 9.17) is 9.84 Å². The highest BCUT2D eigenvalue weighted by Crippen LogP contribution is 2.29. The van der Waals surface area contributed by atoms with Crippen LogP contribution in [0.25, 0.3) is 0 Å². The smallest absolute Gasteiger partial charge is 0.416 e. The fourth-order valence-corrected chi connectivity index (χ4v) is 2.02. The summed E-state index contributed by atoms with van der Waals surface area (Å²) in [5.41, 5.74) is 0.0414. The van der Waals surface area contributed by atoms with E-state index in [1.165, 1.54) is 12.1 Å². The van der Waals surface area contributed by atoms with Gasteiger partial charge in [0.15, 0.2) is 5.90 Å². The molecule has 0 aliphatic carbocycles. The second kappa shape index (κ2) is 6.15. The fraction of sp³-hybridized carbons (Fsp3) is 0.429. The molecule has 114 valence electrons. The molecule has 2 rings (SSSR count). The fourth-order valence-electron chi connectivity index (χ4n) is 2.02. The number of hydrogen-bond donors (Lipinski definition) is 1. The molecule has 0 amide bonds. The molecule has 1 heterocycles. The molecule has 0 saturated carbocycles. The molecule has 1 aliphatic heterocycles. The second-order valence-electron chi connectivity index (χ2n) is 4.77. The molecule has 1 aromatic rings. The minimum absolute atomic E-state index is 0.0498. The van der Waals surface area contributed by atoms with Crippen LogP contribution in [0.1, 0.15) is 24.0 Å². The first-order valence-electron chi connectivity index (χ1n) is 6.42. The van der Waals surface area contributed by atoms with E-state index in [-0.39, 0.29) is 18.9 Å². The monoisotopic (exact) mass is 301 g/mol. The van der Waals surface area contributed by atoms with Gasteiger partial charge in [0.05, 0.1) is 18.5 Å². The normalized spacial score (nSPS) is 18.2. The van der Waals surface area contributed by atoms with Crippen LogP contribution in [0.15, 0.2) is 29.3 Å². The van der Waals surface area contributed by atoms with Gasteiger partial charge in [-0.1, -0.05) is 12.1 Å². The molecule has 0 aromatic heterocycles. The summed E-state index contributed by atoms with van der Waals surface area (Å²) in [6, 6.07) is 4.91. The summed E-state index contributed by atoms with van der Waals surface area (Å²) in [5, 5.41) is 8.56. The first kappa shape index (κ1) is 15.3. The topological polar surface area (TPSA) is 58.9 Å². The summed E-state index contributed by atoms with van der Waals surface area (Å²) < 4.78 is 42.8. The standard InChI is InChI=1S/C14H14F3NO3/c15-14(16,17)10-3-1-9(2-4-10)7-11-8-18-12(21-11)5-6-13(19)20/h1-4,11H,5-8H2,(H,19,20). The van der Waals surface area contributed by atoms with Crippen molar-refractivity contribution in [1.82, 2.24) is 0 Å². The molecule has 0 radical (unpaired) electrons. The number of benzene rings is 1. The van der Waals surface area contributed by atoms with Crippen molar-refractivity contribution in [3.63, 3.8) is 0 Å². The maximum absolute atomic E-state index is 12.4. The van der Waals surface area contributed by atoms with Crippen LogP contribution in [-0.2, 0) is 22.1 Å². The molecule has 1 unspecified atom stereocenters. The molecule has 1 aliphatic rings. The van der Waals surface area contributed by atoms with Crippen LogP contribution < -0.4 is 0 Å². The number of alkyl halides is 3. The predicted molar refractivity (Wildman–Crippen MR) is 69.2 cm³/mol. The lowest BCUT2D eigenvalue weighted by Gasteiger charge is -2.12. The summed E-state index contributed by atoms with van der Waals surface area (Å²) >= 11 is 0. The largest absolute Gasteiger partial charge is 0.481 e. The van der Waals surface area contributed by atoms with Crippen LogP contribution in [0.2, 0.25) is 0 Å². The Bertz CT molecular complexity index is 537. The number of halogens is 3. The Hall–Kier alpha value is -2.05. The average Bonchev–Trinajstić information content (AvgIpc) is 2.83. The summed E-state index contributed by atoms with van der Waals surface area (Å²) in [6.45, 7) is 0.399. The van der Waals surface area contributed by atoms with Gasteiger partial charge in [0.25, 0.3) is 0 Å². The number of nitrogens with zero attached hydrogens (tertiary/aromatic N) is 1. The Balaban J connectivity index is 1.85. The van der Waals surface area contributed by atoms with Crippen molar-refractivity contribution in [3.05, 3.63) is 35.4 Å². The van der Waals surface area contributed by atoms with Gasteiger partial charge in [0.1, 0.15) is 6.10 Å². The Morgan fingerprint density at radius 2 is 2.00 bits per heavy atom. The number of aliphatic imine (C=N–C) groups is 1. The van der Waals surface area contributed by atoms with Crippen molar-refractivity contribution >= 4 is 11.9 Å². The molecule has 7 heteroatoms.